The summed E-state index contributed by atoms with van der Waals surface area (Å²) in [5.41, 5.74) is 0.197. The maximum absolute atomic E-state index is 9.67. The normalized spacial score (nSPS) is 32.8. The fraction of sp³-hybridized carbons (Fsp3) is 1.00. The molecule has 1 N–H and O–H groups in total. The Morgan fingerprint density at radius 3 is 2.41 bits per heavy atom. The van der Waals surface area contributed by atoms with Crippen molar-refractivity contribution in [2.75, 3.05) is 26.7 Å². The van der Waals surface area contributed by atoms with E-state index in [0.29, 0.717) is 18.7 Å². The van der Waals surface area contributed by atoms with E-state index in [2.05, 4.69) is 30.7 Å². The molecule has 1 heterocycles. The number of piperazine rings is 1. The second kappa shape index (κ2) is 5.25. The molecule has 0 spiro atoms. The van der Waals surface area contributed by atoms with Crippen molar-refractivity contribution in [3.8, 4) is 0 Å². The minimum absolute atomic E-state index is 0.197. The zero-order chi connectivity index (χ0) is 12.5. The number of hydrogen-bond donors (Lipinski definition) is 1. The van der Waals surface area contributed by atoms with E-state index in [4.69, 9.17) is 0 Å². The molecule has 0 radical (unpaired) electrons. The fourth-order valence-electron chi connectivity index (χ4n) is 4.05. The number of nitrogens with zero attached hydrogens (tertiary/aromatic N) is 2. The van der Waals surface area contributed by atoms with Crippen LogP contribution in [0.15, 0.2) is 0 Å². The molecule has 2 fully saturated rings. The van der Waals surface area contributed by atoms with Gasteiger partial charge in [-0.2, -0.15) is 0 Å². The molecule has 1 atom stereocenters. The highest BCUT2D eigenvalue weighted by molar-refractivity contribution is 4.98. The van der Waals surface area contributed by atoms with Crippen molar-refractivity contribution in [2.24, 2.45) is 0 Å². The lowest BCUT2D eigenvalue weighted by molar-refractivity contribution is -0.0715. The van der Waals surface area contributed by atoms with Crippen LogP contribution < -0.4 is 0 Å². The first-order valence-corrected chi connectivity index (χ1v) is 7.12. The molecular weight excluding hydrogens is 212 g/mol. The van der Waals surface area contributed by atoms with Gasteiger partial charge >= 0.3 is 0 Å². The molecule has 1 aliphatic heterocycles. The van der Waals surface area contributed by atoms with E-state index < -0.39 is 0 Å². The van der Waals surface area contributed by atoms with Gasteiger partial charge in [-0.3, -0.25) is 4.90 Å². The van der Waals surface area contributed by atoms with Gasteiger partial charge in [-0.1, -0.05) is 19.3 Å². The second-order valence-electron chi connectivity index (χ2n) is 6.54. The third-order valence-electron chi connectivity index (χ3n) is 4.45. The topological polar surface area (TPSA) is 26.7 Å². The van der Waals surface area contributed by atoms with Gasteiger partial charge in [-0.05, 0) is 33.7 Å². The molecule has 3 heteroatoms. The van der Waals surface area contributed by atoms with Gasteiger partial charge in [0.15, 0.2) is 0 Å². The van der Waals surface area contributed by atoms with E-state index in [1.807, 2.05) is 0 Å². The highest BCUT2D eigenvalue weighted by atomic mass is 16.3. The molecule has 1 aliphatic carbocycles. The van der Waals surface area contributed by atoms with Gasteiger partial charge < -0.3 is 10.0 Å². The Hall–Kier alpha value is -0.120. The Morgan fingerprint density at radius 2 is 1.82 bits per heavy atom. The minimum Gasteiger partial charge on any atom is -0.395 e. The first-order valence-electron chi connectivity index (χ1n) is 7.12. The standard InChI is InChI=1S/C14H28N2O/c1-14(2)11-15(3)9-13(10-17)16(14)12-7-5-4-6-8-12/h12-13,17H,4-11H2,1-3H3. The van der Waals surface area contributed by atoms with E-state index in [1.165, 1.54) is 32.1 Å². The van der Waals surface area contributed by atoms with E-state index in [-0.39, 0.29) is 5.54 Å². The lowest BCUT2D eigenvalue weighted by Crippen LogP contribution is -2.67. The highest BCUT2D eigenvalue weighted by Gasteiger charge is 2.42. The Morgan fingerprint density at radius 1 is 1.18 bits per heavy atom. The van der Waals surface area contributed by atoms with Crippen molar-refractivity contribution in [3.63, 3.8) is 0 Å². The van der Waals surface area contributed by atoms with Crippen molar-refractivity contribution in [2.45, 2.75) is 63.6 Å². The van der Waals surface area contributed by atoms with Crippen molar-refractivity contribution >= 4 is 0 Å². The molecule has 0 aromatic heterocycles. The maximum atomic E-state index is 9.67. The van der Waals surface area contributed by atoms with Crippen molar-refractivity contribution in [1.29, 1.82) is 0 Å². The number of rotatable bonds is 2. The number of likely N-dealkylation sites (N-methyl/N-ethyl adjacent to an activating group) is 1. The molecule has 0 aromatic rings. The zero-order valence-corrected chi connectivity index (χ0v) is 11.7. The molecule has 0 aromatic carbocycles. The molecule has 1 saturated heterocycles. The van der Waals surface area contributed by atoms with Crippen LogP contribution in [-0.4, -0.2) is 59.3 Å². The summed E-state index contributed by atoms with van der Waals surface area (Å²) in [6.07, 6.45) is 6.78. The SMILES string of the molecule is CN1CC(CO)N(C2CCCCC2)C(C)(C)C1. The Bertz CT molecular complexity index is 247. The Labute approximate surface area is 106 Å². The van der Waals surface area contributed by atoms with Gasteiger partial charge in [-0.25, -0.2) is 0 Å². The molecular formula is C14H28N2O. The van der Waals surface area contributed by atoms with Crippen LogP contribution in [0.5, 0.6) is 0 Å². The summed E-state index contributed by atoms with van der Waals surface area (Å²) in [5, 5.41) is 9.67. The molecule has 100 valence electrons. The molecule has 3 nitrogen and oxygen atoms in total. The van der Waals surface area contributed by atoms with Gasteiger partial charge in [0.2, 0.25) is 0 Å². The molecule has 0 amide bonds. The molecule has 2 aliphatic rings. The summed E-state index contributed by atoms with van der Waals surface area (Å²) >= 11 is 0. The lowest BCUT2D eigenvalue weighted by Gasteiger charge is -2.54. The van der Waals surface area contributed by atoms with Crippen LogP contribution in [0.4, 0.5) is 0 Å². The van der Waals surface area contributed by atoms with Gasteiger partial charge in [0.25, 0.3) is 0 Å². The van der Waals surface area contributed by atoms with E-state index >= 15 is 0 Å². The average molecular weight is 240 g/mol. The third kappa shape index (κ3) is 2.83. The number of aliphatic hydroxyl groups excluding tert-OH is 1. The van der Waals surface area contributed by atoms with Gasteiger partial charge in [0.1, 0.15) is 0 Å². The van der Waals surface area contributed by atoms with Crippen molar-refractivity contribution < 1.29 is 5.11 Å². The summed E-state index contributed by atoms with van der Waals surface area (Å²) in [4.78, 5) is 4.99. The van der Waals surface area contributed by atoms with Crippen LogP contribution in [0.3, 0.4) is 0 Å². The molecule has 1 unspecified atom stereocenters. The molecule has 17 heavy (non-hydrogen) atoms. The average Bonchev–Trinajstić information content (AvgIpc) is 2.27. The quantitative estimate of drug-likeness (QED) is 0.796. The van der Waals surface area contributed by atoms with E-state index in [9.17, 15) is 5.11 Å². The molecule has 0 bridgehead atoms. The van der Waals surface area contributed by atoms with Crippen molar-refractivity contribution in [3.05, 3.63) is 0 Å². The van der Waals surface area contributed by atoms with Gasteiger partial charge in [0.05, 0.1) is 6.61 Å². The van der Waals surface area contributed by atoms with Crippen molar-refractivity contribution in [1.82, 2.24) is 9.80 Å². The van der Waals surface area contributed by atoms with E-state index in [1.54, 1.807) is 0 Å². The lowest BCUT2D eigenvalue weighted by atomic mass is 9.86. The van der Waals surface area contributed by atoms with Crippen LogP contribution in [0.2, 0.25) is 0 Å². The minimum atomic E-state index is 0.197. The highest BCUT2D eigenvalue weighted by Crippen LogP contribution is 2.33. The van der Waals surface area contributed by atoms with Crippen LogP contribution in [0.25, 0.3) is 0 Å². The molecule has 1 saturated carbocycles. The smallest absolute Gasteiger partial charge is 0.0599 e. The number of aliphatic hydroxyl groups is 1. The first kappa shape index (κ1) is 13.3. The number of hydrogen-bond acceptors (Lipinski definition) is 3. The fourth-order valence-corrected chi connectivity index (χ4v) is 4.05. The Balaban J connectivity index is 2.14. The summed E-state index contributed by atoms with van der Waals surface area (Å²) in [6.45, 7) is 7.08. The zero-order valence-electron chi connectivity index (χ0n) is 11.7. The first-order chi connectivity index (χ1) is 8.04. The van der Waals surface area contributed by atoms with E-state index in [0.717, 1.165) is 13.1 Å². The van der Waals surface area contributed by atoms with Crippen LogP contribution in [0.1, 0.15) is 46.0 Å². The molecule has 2 rings (SSSR count). The summed E-state index contributed by atoms with van der Waals surface area (Å²) < 4.78 is 0. The second-order valence-corrected chi connectivity index (χ2v) is 6.54. The largest absolute Gasteiger partial charge is 0.395 e. The third-order valence-corrected chi connectivity index (χ3v) is 4.45. The summed E-state index contributed by atoms with van der Waals surface area (Å²) in [6, 6.07) is 1.02. The Kier molecular flexibility index (Phi) is 4.11. The van der Waals surface area contributed by atoms with Crippen LogP contribution >= 0.6 is 0 Å². The van der Waals surface area contributed by atoms with Crippen LogP contribution in [-0.2, 0) is 0 Å². The van der Waals surface area contributed by atoms with Crippen LogP contribution in [0, 0.1) is 0 Å². The predicted octanol–water partition coefficient (Wildman–Crippen LogP) is 1.71. The summed E-state index contributed by atoms with van der Waals surface area (Å²) in [5.74, 6) is 0. The monoisotopic (exact) mass is 240 g/mol. The maximum Gasteiger partial charge on any atom is 0.0599 e. The van der Waals surface area contributed by atoms with Gasteiger partial charge in [0, 0.05) is 30.7 Å². The van der Waals surface area contributed by atoms with Gasteiger partial charge in [-0.15, -0.1) is 0 Å². The predicted molar refractivity (Wildman–Crippen MR) is 71.2 cm³/mol. The summed E-state index contributed by atoms with van der Waals surface area (Å²) in [7, 11) is 2.17.